The van der Waals surface area contributed by atoms with Crippen LogP contribution in [-0.4, -0.2) is 56.6 Å². The van der Waals surface area contributed by atoms with Gasteiger partial charge in [0.1, 0.15) is 17.5 Å². The second-order valence-corrected chi connectivity index (χ2v) is 11.8. The molecule has 0 saturated heterocycles. The molecular formula is C26H30ClF2N4O7P. The van der Waals surface area contributed by atoms with E-state index in [1.54, 1.807) is 19.9 Å². The van der Waals surface area contributed by atoms with Crippen molar-refractivity contribution in [2.75, 3.05) is 19.0 Å². The van der Waals surface area contributed by atoms with Crippen LogP contribution in [0.2, 0.25) is 5.02 Å². The molecule has 5 N–H and O–H groups in total. The summed E-state index contributed by atoms with van der Waals surface area (Å²) in [6.45, 7) is 2.88. The van der Waals surface area contributed by atoms with Crippen LogP contribution in [0.1, 0.15) is 31.4 Å². The monoisotopic (exact) mass is 614 g/mol. The van der Waals surface area contributed by atoms with Gasteiger partial charge in [0.15, 0.2) is 0 Å². The summed E-state index contributed by atoms with van der Waals surface area (Å²) in [5, 5.41) is 14.6. The molecule has 0 aliphatic carbocycles. The van der Waals surface area contributed by atoms with E-state index in [1.165, 1.54) is 48.5 Å². The molecule has 3 amide bonds. The maximum Gasteiger partial charge on any atom is 0.469 e. The Bertz CT molecular complexity index is 1490. The highest BCUT2D eigenvalue weighted by Gasteiger charge is 2.32. The molecule has 1 atom stereocenters. The fourth-order valence-electron chi connectivity index (χ4n) is 4.32. The van der Waals surface area contributed by atoms with Crippen LogP contribution in [0.4, 0.5) is 24.2 Å². The zero-order valence-corrected chi connectivity index (χ0v) is 24.0. The first-order valence-electron chi connectivity index (χ1n) is 12.3. The lowest BCUT2D eigenvalue weighted by Crippen LogP contribution is -2.46. The molecule has 3 aromatic rings. The van der Waals surface area contributed by atoms with Gasteiger partial charge in [-0.05, 0) is 59.0 Å². The number of benzene rings is 2. The zero-order valence-electron chi connectivity index (χ0n) is 22.4. The highest BCUT2D eigenvalue weighted by atomic mass is 35.5. The minimum Gasteiger partial charge on any atom is -0.465 e. The maximum absolute atomic E-state index is 15.3. The van der Waals surface area contributed by atoms with Crippen molar-refractivity contribution in [1.82, 2.24) is 15.2 Å². The molecule has 0 aliphatic heterocycles. The van der Waals surface area contributed by atoms with E-state index in [4.69, 9.17) is 21.2 Å². The molecule has 11 nitrogen and oxygen atoms in total. The number of phosphoric acid groups is 1. The number of amides is 3. The van der Waals surface area contributed by atoms with Crippen molar-refractivity contribution in [3.63, 3.8) is 0 Å². The molecule has 0 spiro atoms. The summed E-state index contributed by atoms with van der Waals surface area (Å²) >= 11 is 6.00. The Labute approximate surface area is 239 Å². The fraction of sp³-hybridized carbons (Fsp3) is 0.346. The van der Waals surface area contributed by atoms with Crippen LogP contribution in [-0.2, 0) is 22.1 Å². The number of rotatable bonds is 11. The number of hydrogen-bond donors (Lipinski definition) is 5. The third kappa shape index (κ3) is 9.07. The number of carbonyl (C=O) groups is 2. The van der Waals surface area contributed by atoms with Crippen LogP contribution in [0.25, 0.3) is 10.8 Å². The molecule has 2 aromatic carbocycles. The van der Waals surface area contributed by atoms with Crippen molar-refractivity contribution < 1.29 is 42.4 Å². The van der Waals surface area contributed by atoms with Crippen LogP contribution in [0.3, 0.4) is 0 Å². The average molecular weight is 615 g/mol. The summed E-state index contributed by atoms with van der Waals surface area (Å²) < 4.78 is 45.2. The summed E-state index contributed by atoms with van der Waals surface area (Å²) in [6, 6.07) is 6.93. The number of carboxylic acid groups (broad SMARTS) is 1. The summed E-state index contributed by atoms with van der Waals surface area (Å²) in [7, 11) is -3.32. The van der Waals surface area contributed by atoms with Gasteiger partial charge in [0.05, 0.1) is 11.6 Å². The van der Waals surface area contributed by atoms with E-state index in [-0.39, 0.29) is 42.4 Å². The van der Waals surface area contributed by atoms with Gasteiger partial charge in [0.25, 0.3) is 0 Å². The Hall–Kier alpha value is -3.35. The van der Waals surface area contributed by atoms with Gasteiger partial charge in [-0.1, -0.05) is 37.6 Å². The van der Waals surface area contributed by atoms with Gasteiger partial charge in [-0.25, -0.2) is 27.9 Å². The molecule has 0 bridgehead atoms. The van der Waals surface area contributed by atoms with E-state index in [9.17, 15) is 28.3 Å². The molecule has 3 rings (SSSR count). The van der Waals surface area contributed by atoms with Crippen molar-refractivity contribution >= 4 is 48.1 Å². The van der Waals surface area contributed by atoms with E-state index in [2.05, 4.69) is 15.6 Å². The van der Waals surface area contributed by atoms with Gasteiger partial charge in [-0.3, -0.25) is 9.84 Å². The topological polar surface area (TPSA) is 161 Å². The van der Waals surface area contributed by atoms with Crippen molar-refractivity contribution in [3.05, 3.63) is 70.4 Å². The fourth-order valence-corrected chi connectivity index (χ4v) is 5.03. The van der Waals surface area contributed by atoms with E-state index in [0.717, 1.165) is 0 Å². The average Bonchev–Trinajstić information content (AvgIpc) is 2.88. The molecule has 0 aliphatic rings. The largest absolute Gasteiger partial charge is 0.469 e. The third-order valence-electron chi connectivity index (χ3n) is 6.37. The molecule has 0 saturated carbocycles. The van der Waals surface area contributed by atoms with Gasteiger partial charge >= 0.3 is 19.9 Å². The van der Waals surface area contributed by atoms with Gasteiger partial charge in [-0.2, -0.15) is 0 Å². The molecule has 1 heterocycles. The number of nitrogens with one attached hydrogen (secondary N) is 2. The zero-order chi connectivity index (χ0) is 30.5. The number of phosphoric ester groups is 1. The molecule has 0 radical (unpaired) electrons. The quantitative estimate of drug-likeness (QED) is 0.176. The van der Waals surface area contributed by atoms with E-state index < -0.39 is 43.0 Å². The lowest BCUT2D eigenvalue weighted by molar-refractivity contribution is 0.0975. The number of carbonyl (C=O) groups excluding carboxylic acids is 1. The number of halogens is 3. The lowest BCUT2D eigenvalue weighted by Gasteiger charge is -2.35. The Morgan fingerprint density at radius 1 is 1.20 bits per heavy atom. The number of hydrogen-bond acceptors (Lipinski definition) is 5. The smallest absolute Gasteiger partial charge is 0.465 e. The predicted molar refractivity (Wildman–Crippen MR) is 149 cm³/mol. The van der Waals surface area contributed by atoms with Crippen LogP contribution in [0, 0.1) is 17.0 Å². The molecule has 0 fully saturated rings. The number of likely N-dealkylation sites (N-methyl/N-ethyl adjacent to an activating group) is 1. The standard InChI is InChI=1S/C26H30ClF2N4O7P/c1-26(2,14-40-41(37,38)39)11-17(33(3)24(34)31-13-16-5-4-6-21(29)23(16)27)9-19-18-10-22(32-25(35)36)30-12-15(18)7-8-20(19)28/h4-8,10,12,17H,9,11,13-14H2,1-3H3,(H,30,32)(H,31,34)(H,35,36)(H2,37,38,39). The van der Waals surface area contributed by atoms with Crippen LogP contribution in [0.5, 0.6) is 0 Å². The van der Waals surface area contributed by atoms with Crippen LogP contribution >= 0.6 is 19.4 Å². The summed E-state index contributed by atoms with van der Waals surface area (Å²) in [5.41, 5.74) is -0.389. The predicted octanol–water partition coefficient (Wildman–Crippen LogP) is 5.53. The Morgan fingerprint density at radius 3 is 2.56 bits per heavy atom. The maximum atomic E-state index is 15.3. The normalized spacial score (nSPS) is 12.7. The number of aromatic nitrogens is 1. The Kier molecular flexibility index (Phi) is 10.3. The summed E-state index contributed by atoms with van der Waals surface area (Å²) in [6.07, 6.45) is 0.0760. The lowest BCUT2D eigenvalue weighted by atomic mass is 9.83. The van der Waals surface area contributed by atoms with E-state index in [0.29, 0.717) is 16.3 Å². The molecule has 41 heavy (non-hydrogen) atoms. The number of urea groups is 1. The van der Waals surface area contributed by atoms with Gasteiger partial charge in [0.2, 0.25) is 0 Å². The van der Waals surface area contributed by atoms with Gasteiger partial charge < -0.3 is 25.1 Å². The third-order valence-corrected chi connectivity index (χ3v) is 7.26. The molecule has 1 unspecified atom stereocenters. The minimum atomic E-state index is -4.78. The SMILES string of the molecule is CN(C(=O)NCc1cccc(F)c1Cl)C(Cc1c(F)ccc2cnc(NC(=O)O)cc12)CC(C)(C)COP(=O)(O)O. The first-order chi connectivity index (χ1) is 19.1. The van der Waals surface area contributed by atoms with Crippen LogP contribution < -0.4 is 10.6 Å². The first-order valence-corrected chi connectivity index (χ1v) is 14.2. The minimum absolute atomic E-state index is 0.0261. The Balaban J connectivity index is 1.95. The van der Waals surface area contributed by atoms with Crippen molar-refractivity contribution in [2.24, 2.45) is 5.41 Å². The molecule has 222 valence electrons. The second kappa shape index (κ2) is 13.1. The molecule has 15 heteroatoms. The van der Waals surface area contributed by atoms with Gasteiger partial charge in [-0.15, -0.1) is 0 Å². The molecular weight excluding hydrogens is 585 g/mol. The number of nitrogens with zero attached hydrogens (tertiary/aromatic N) is 2. The van der Waals surface area contributed by atoms with Gasteiger partial charge in [0, 0.05) is 31.2 Å². The van der Waals surface area contributed by atoms with Crippen molar-refractivity contribution in [3.8, 4) is 0 Å². The molecule has 1 aromatic heterocycles. The van der Waals surface area contributed by atoms with Crippen molar-refractivity contribution in [1.29, 1.82) is 0 Å². The second-order valence-electron chi connectivity index (χ2n) is 10.2. The first kappa shape index (κ1) is 32.2. The number of anilines is 1. The highest BCUT2D eigenvalue weighted by Crippen LogP contribution is 2.40. The number of pyridine rings is 1. The van der Waals surface area contributed by atoms with Crippen molar-refractivity contribution in [2.45, 2.75) is 39.3 Å². The van der Waals surface area contributed by atoms with Crippen LogP contribution in [0.15, 0.2) is 42.6 Å². The van der Waals surface area contributed by atoms with E-state index >= 15 is 4.39 Å². The summed E-state index contributed by atoms with van der Waals surface area (Å²) in [4.78, 5) is 48.0. The highest BCUT2D eigenvalue weighted by molar-refractivity contribution is 7.46. The number of fused-ring (bicyclic) bond motifs is 1. The Morgan fingerprint density at radius 2 is 1.90 bits per heavy atom. The summed E-state index contributed by atoms with van der Waals surface area (Å²) in [5.74, 6) is -1.28. The van der Waals surface area contributed by atoms with E-state index in [1.807, 2.05) is 0 Å².